The molecule has 3 heteroatoms. The molecule has 1 saturated heterocycles. The molecule has 0 unspecified atom stereocenters. The predicted octanol–water partition coefficient (Wildman–Crippen LogP) is 3.21. The third kappa shape index (κ3) is 2.97. The van der Waals surface area contributed by atoms with E-state index in [9.17, 15) is 0 Å². The quantitative estimate of drug-likeness (QED) is 0.858. The maximum Gasteiger partial charge on any atom is 0.0388 e. The highest BCUT2D eigenvalue weighted by Gasteiger charge is 2.17. The summed E-state index contributed by atoms with van der Waals surface area (Å²) >= 11 is 0. The Morgan fingerprint density at radius 3 is 2.00 bits per heavy atom. The van der Waals surface area contributed by atoms with Crippen molar-refractivity contribution >= 4 is 17.1 Å². The largest absolute Gasteiger partial charge is 0.398 e. The second kappa shape index (κ2) is 5.68. The summed E-state index contributed by atoms with van der Waals surface area (Å²) in [4.78, 5) is 4.88. The molecule has 21 heavy (non-hydrogen) atoms. The van der Waals surface area contributed by atoms with Crippen molar-refractivity contribution in [3.63, 3.8) is 0 Å². The van der Waals surface area contributed by atoms with Gasteiger partial charge in [-0.3, -0.25) is 0 Å². The van der Waals surface area contributed by atoms with Gasteiger partial charge in [0.1, 0.15) is 0 Å². The summed E-state index contributed by atoms with van der Waals surface area (Å²) in [5.74, 6) is 0. The average molecular weight is 281 g/mol. The van der Waals surface area contributed by atoms with Crippen molar-refractivity contribution in [1.82, 2.24) is 0 Å². The topological polar surface area (TPSA) is 32.5 Å². The summed E-state index contributed by atoms with van der Waals surface area (Å²) in [6.45, 7) is 8.38. The summed E-state index contributed by atoms with van der Waals surface area (Å²) in [5, 5.41) is 0. The molecular formula is C18H23N3. The van der Waals surface area contributed by atoms with Crippen LogP contribution in [0.5, 0.6) is 0 Å². The van der Waals surface area contributed by atoms with Crippen molar-refractivity contribution in [2.75, 3.05) is 41.7 Å². The third-order valence-corrected chi connectivity index (χ3v) is 4.27. The van der Waals surface area contributed by atoms with Gasteiger partial charge in [-0.25, -0.2) is 0 Å². The van der Waals surface area contributed by atoms with E-state index in [2.05, 4.69) is 66.1 Å². The first-order valence-electron chi connectivity index (χ1n) is 7.56. The van der Waals surface area contributed by atoms with Crippen molar-refractivity contribution < 1.29 is 0 Å². The summed E-state index contributed by atoms with van der Waals surface area (Å²) in [7, 11) is 0. The van der Waals surface area contributed by atoms with Gasteiger partial charge in [-0.05, 0) is 49.2 Å². The van der Waals surface area contributed by atoms with Crippen LogP contribution in [0, 0.1) is 13.8 Å². The minimum absolute atomic E-state index is 0.883. The molecule has 2 aromatic rings. The van der Waals surface area contributed by atoms with Crippen LogP contribution in [0.4, 0.5) is 17.1 Å². The van der Waals surface area contributed by atoms with Crippen molar-refractivity contribution in [2.24, 2.45) is 0 Å². The number of anilines is 3. The predicted molar refractivity (Wildman–Crippen MR) is 91.2 cm³/mol. The van der Waals surface area contributed by atoms with Gasteiger partial charge < -0.3 is 15.5 Å². The number of rotatable bonds is 2. The minimum atomic E-state index is 0.883. The van der Waals surface area contributed by atoms with Gasteiger partial charge in [0.15, 0.2) is 0 Å². The lowest BCUT2D eigenvalue weighted by molar-refractivity contribution is 0.653. The Bertz CT molecular complexity index is 628. The first kappa shape index (κ1) is 13.8. The Labute approximate surface area is 127 Å². The van der Waals surface area contributed by atoms with Crippen LogP contribution in [0.2, 0.25) is 0 Å². The Morgan fingerprint density at radius 2 is 1.43 bits per heavy atom. The molecule has 1 heterocycles. The lowest BCUT2D eigenvalue weighted by Crippen LogP contribution is -2.46. The summed E-state index contributed by atoms with van der Waals surface area (Å²) in [6, 6.07) is 15.1. The molecule has 0 aromatic heterocycles. The number of hydrogen-bond acceptors (Lipinski definition) is 3. The maximum atomic E-state index is 6.03. The molecule has 0 amide bonds. The number of aryl methyl sites for hydroxylation is 2. The van der Waals surface area contributed by atoms with E-state index >= 15 is 0 Å². The molecule has 3 nitrogen and oxygen atoms in total. The van der Waals surface area contributed by atoms with E-state index in [1.807, 2.05) is 0 Å². The van der Waals surface area contributed by atoms with Gasteiger partial charge in [-0.1, -0.05) is 18.2 Å². The first-order chi connectivity index (χ1) is 10.1. The van der Waals surface area contributed by atoms with Gasteiger partial charge >= 0.3 is 0 Å². The molecule has 3 rings (SSSR count). The summed E-state index contributed by atoms with van der Waals surface area (Å²) < 4.78 is 0. The van der Waals surface area contributed by atoms with Crippen molar-refractivity contribution in [3.05, 3.63) is 53.6 Å². The molecule has 1 aliphatic heterocycles. The number of piperazine rings is 1. The normalized spacial score (nSPS) is 15.3. The average Bonchev–Trinajstić information content (AvgIpc) is 2.50. The highest BCUT2D eigenvalue weighted by atomic mass is 15.3. The van der Waals surface area contributed by atoms with Crippen LogP contribution >= 0.6 is 0 Å². The van der Waals surface area contributed by atoms with E-state index < -0.39 is 0 Å². The van der Waals surface area contributed by atoms with Crippen LogP contribution in [0.3, 0.4) is 0 Å². The monoisotopic (exact) mass is 281 g/mol. The van der Waals surface area contributed by atoms with Gasteiger partial charge in [0.05, 0.1) is 0 Å². The van der Waals surface area contributed by atoms with Crippen LogP contribution in [-0.4, -0.2) is 26.2 Å². The Balaban J connectivity index is 1.68. The summed E-state index contributed by atoms with van der Waals surface area (Å²) in [5.41, 5.74) is 11.9. The fourth-order valence-corrected chi connectivity index (χ4v) is 2.87. The maximum absolute atomic E-state index is 6.03. The number of nitrogen functional groups attached to an aromatic ring is 1. The SMILES string of the molecule is Cc1cccc(N2CCN(c3ccc(C)c(N)c3)CC2)c1. The standard InChI is InChI=1S/C18H23N3/c1-14-4-3-5-16(12-14)20-8-10-21(11-9-20)17-7-6-15(2)18(19)13-17/h3-7,12-13H,8-11,19H2,1-2H3. The number of hydrogen-bond donors (Lipinski definition) is 1. The lowest BCUT2D eigenvalue weighted by atomic mass is 10.1. The molecule has 1 fully saturated rings. The van der Waals surface area contributed by atoms with Crippen LogP contribution in [0.15, 0.2) is 42.5 Å². The molecule has 110 valence electrons. The Hall–Kier alpha value is -2.16. The van der Waals surface area contributed by atoms with Crippen molar-refractivity contribution in [1.29, 1.82) is 0 Å². The van der Waals surface area contributed by atoms with E-state index in [4.69, 9.17) is 5.73 Å². The molecule has 0 bridgehead atoms. The second-order valence-electron chi connectivity index (χ2n) is 5.85. The zero-order valence-corrected chi connectivity index (χ0v) is 12.8. The van der Waals surface area contributed by atoms with Gasteiger partial charge in [-0.15, -0.1) is 0 Å². The van der Waals surface area contributed by atoms with E-state index in [1.165, 1.54) is 16.9 Å². The van der Waals surface area contributed by atoms with Crippen molar-refractivity contribution in [3.8, 4) is 0 Å². The van der Waals surface area contributed by atoms with Crippen LogP contribution in [0.1, 0.15) is 11.1 Å². The molecule has 0 aliphatic carbocycles. The third-order valence-electron chi connectivity index (χ3n) is 4.27. The highest BCUT2D eigenvalue weighted by molar-refractivity contribution is 5.60. The molecule has 0 radical (unpaired) electrons. The summed E-state index contributed by atoms with van der Waals surface area (Å²) in [6.07, 6.45) is 0. The Kier molecular flexibility index (Phi) is 3.74. The van der Waals surface area contributed by atoms with E-state index in [-0.39, 0.29) is 0 Å². The smallest absolute Gasteiger partial charge is 0.0388 e. The van der Waals surface area contributed by atoms with E-state index in [0.29, 0.717) is 0 Å². The van der Waals surface area contributed by atoms with Gasteiger partial charge in [0.25, 0.3) is 0 Å². The second-order valence-corrected chi connectivity index (χ2v) is 5.85. The molecule has 1 aliphatic rings. The molecule has 0 atom stereocenters. The van der Waals surface area contributed by atoms with Crippen LogP contribution < -0.4 is 15.5 Å². The van der Waals surface area contributed by atoms with E-state index in [1.54, 1.807) is 0 Å². The van der Waals surface area contributed by atoms with Crippen molar-refractivity contribution in [2.45, 2.75) is 13.8 Å². The number of nitrogens with zero attached hydrogens (tertiary/aromatic N) is 2. The molecular weight excluding hydrogens is 258 g/mol. The Morgan fingerprint density at radius 1 is 0.810 bits per heavy atom. The number of nitrogens with two attached hydrogens (primary N) is 1. The molecule has 0 spiro atoms. The minimum Gasteiger partial charge on any atom is -0.398 e. The van der Waals surface area contributed by atoms with Crippen LogP contribution in [-0.2, 0) is 0 Å². The van der Waals surface area contributed by atoms with Crippen LogP contribution in [0.25, 0.3) is 0 Å². The fourth-order valence-electron chi connectivity index (χ4n) is 2.87. The number of benzene rings is 2. The zero-order valence-electron chi connectivity index (χ0n) is 12.8. The zero-order chi connectivity index (χ0) is 14.8. The van der Waals surface area contributed by atoms with Gasteiger partial charge in [-0.2, -0.15) is 0 Å². The highest BCUT2D eigenvalue weighted by Crippen LogP contribution is 2.24. The first-order valence-corrected chi connectivity index (χ1v) is 7.56. The molecule has 2 aromatic carbocycles. The van der Waals surface area contributed by atoms with Gasteiger partial charge in [0, 0.05) is 43.2 Å². The molecule has 2 N–H and O–H groups in total. The van der Waals surface area contributed by atoms with Gasteiger partial charge in [0.2, 0.25) is 0 Å². The lowest BCUT2D eigenvalue weighted by Gasteiger charge is -2.37. The van der Waals surface area contributed by atoms with E-state index in [0.717, 1.165) is 37.4 Å². The molecule has 0 saturated carbocycles. The fraction of sp³-hybridized carbons (Fsp3) is 0.333.